The molecule has 0 saturated carbocycles. The number of hydrogen-bond donors (Lipinski definition) is 1. The Kier molecular flexibility index (Phi) is 6.78. The molecule has 4 aliphatic heterocycles. The van der Waals surface area contributed by atoms with Crippen molar-refractivity contribution in [2.45, 2.75) is 54.3 Å². The van der Waals surface area contributed by atoms with Crippen LogP contribution in [0.5, 0.6) is 11.8 Å². The maximum atomic E-state index is 16.8. The minimum absolute atomic E-state index is 0.0168. The van der Waals surface area contributed by atoms with Gasteiger partial charge in [0.15, 0.2) is 5.82 Å². The number of terminal acetylenes is 1. The fourth-order valence-corrected chi connectivity index (χ4v) is 9.80. The van der Waals surface area contributed by atoms with Crippen molar-refractivity contribution < 1.29 is 27.6 Å². The molecule has 8 rings (SSSR count). The highest BCUT2D eigenvalue weighted by Crippen LogP contribution is 2.43. The molecule has 4 saturated heterocycles. The monoisotopic (exact) mass is 633 g/mol. The third kappa shape index (κ3) is 4.58. The van der Waals surface area contributed by atoms with Gasteiger partial charge in [0, 0.05) is 43.0 Å². The molecular formula is C33H30F3N5O3S. The number of aromatic nitrogens is 3. The van der Waals surface area contributed by atoms with E-state index in [0.717, 1.165) is 32.2 Å². The molecule has 2 aromatic heterocycles. The van der Waals surface area contributed by atoms with Crippen LogP contribution in [0.1, 0.15) is 37.7 Å². The van der Waals surface area contributed by atoms with Gasteiger partial charge in [-0.1, -0.05) is 12.0 Å². The Labute approximate surface area is 260 Å². The van der Waals surface area contributed by atoms with Crippen LogP contribution >= 0.6 is 0 Å². The van der Waals surface area contributed by atoms with Crippen LogP contribution < -0.4 is 9.64 Å². The van der Waals surface area contributed by atoms with Crippen LogP contribution in [0.4, 0.5) is 19.0 Å². The van der Waals surface area contributed by atoms with Crippen LogP contribution in [0.15, 0.2) is 30.5 Å². The maximum absolute atomic E-state index is 16.8. The normalized spacial score (nSPS) is 27.8. The largest absolute Gasteiger partial charge is 0.616 e. The van der Waals surface area contributed by atoms with Gasteiger partial charge >= 0.3 is 6.01 Å². The molecule has 2 aromatic carbocycles. The van der Waals surface area contributed by atoms with Crippen molar-refractivity contribution in [3.8, 4) is 35.4 Å². The van der Waals surface area contributed by atoms with E-state index >= 15 is 4.39 Å². The summed E-state index contributed by atoms with van der Waals surface area (Å²) in [6, 6.07) is 5.35. The van der Waals surface area contributed by atoms with Gasteiger partial charge < -0.3 is 19.3 Å². The molecule has 4 fully saturated rings. The van der Waals surface area contributed by atoms with E-state index < -0.39 is 34.5 Å². The Bertz CT molecular complexity index is 1890. The summed E-state index contributed by atoms with van der Waals surface area (Å²) in [4.78, 5) is 17.8. The molecule has 12 heteroatoms. The number of halogens is 3. The maximum Gasteiger partial charge on any atom is 0.319 e. The van der Waals surface area contributed by atoms with Gasteiger partial charge in [-0.15, -0.1) is 6.42 Å². The number of nitrogens with zero attached hydrogens (tertiary/aromatic N) is 5. The standard InChI is InChI=1S/C33H30F3N5O3S/c1-2-23-26(35)7-4-18-10-20(42)11-24(27(18)23)29-28(36)30-25(13-37-29)31(40-15-21-5-6-22(16-40)45(21)43)39-32(38-30)44-17-33-8-3-9-41(33)14-19(34)12-33/h1,4,7,10-11,13,19,21-22,42H,3,5-6,8-9,12,14-17H2/t19-,21-,22+,33+,45?/m1/s1. The van der Waals surface area contributed by atoms with Crippen molar-refractivity contribution in [2.75, 3.05) is 37.7 Å². The molecule has 45 heavy (non-hydrogen) atoms. The lowest BCUT2D eigenvalue weighted by Crippen LogP contribution is -2.47. The minimum Gasteiger partial charge on any atom is -0.616 e. The fourth-order valence-electron chi connectivity index (χ4n) is 7.86. The number of ether oxygens (including phenoxy) is 1. The van der Waals surface area contributed by atoms with Crippen molar-refractivity contribution >= 4 is 38.7 Å². The van der Waals surface area contributed by atoms with Crippen LogP contribution in [-0.4, -0.2) is 84.5 Å². The summed E-state index contributed by atoms with van der Waals surface area (Å²) in [5, 5.41) is 11.5. The SMILES string of the molecule is C#Cc1c(F)ccc2cc(O)cc(-c3ncc4c(N5C[C@H]6CC[C@@H](C5)[S+]6[O-])nc(OC[C@@]56CCCN5C[C@H](F)C6)nc4c3F)c12. The minimum atomic E-state index is -0.937. The third-order valence-electron chi connectivity index (χ3n) is 9.94. The summed E-state index contributed by atoms with van der Waals surface area (Å²) >= 11 is -0.936. The molecule has 0 radical (unpaired) electrons. The number of aromatic hydroxyl groups is 1. The van der Waals surface area contributed by atoms with Gasteiger partial charge in [0.2, 0.25) is 0 Å². The zero-order valence-electron chi connectivity index (χ0n) is 24.3. The van der Waals surface area contributed by atoms with Crippen molar-refractivity contribution in [1.29, 1.82) is 0 Å². The smallest absolute Gasteiger partial charge is 0.319 e. The number of pyridine rings is 1. The van der Waals surface area contributed by atoms with Crippen LogP contribution in [0.25, 0.3) is 32.9 Å². The second-order valence-corrected chi connectivity index (χ2v) is 14.6. The lowest BCUT2D eigenvalue weighted by atomic mass is 9.95. The van der Waals surface area contributed by atoms with E-state index in [2.05, 4.69) is 20.8 Å². The molecule has 1 unspecified atom stereocenters. The number of phenolic OH excluding ortho intramolecular Hbond substituents is 1. The summed E-state index contributed by atoms with van der Waals surface area (Å²) < 4.78 is 65.0. The number of phenols is 1. The van der Waals surface area contributed by atoms with Crippen molar-refractivity contribution in [1.82, 2.24) is 19.9 Å². The van der Waals surface area contributed by atoms with Gasteiger partial charge in [0.1, 0.15) is 51.9 Å². The van der Waals surface area contributed by atoms with E-state index in [9.17, 15) is 18.4 Å². The first kappa shape index (κ1) is 28.7. The van der Waals surface area contributed by atoms with E-state index in [1.54, 1.807) is 0 Å². The Morgan fingerprint density at radius 1 is 1.16 bits per heavy atom. The zero-order valence-corrected chi connectivity index (χ0v) is 25.1. The first-order chi connectivity index (χ1) is 21.7. The molecule has 2 bridgehead atoms. The van der Waals surface area contributed by atoms with Crippen molar-refractivity contribution in [2.24, 2.45) is 0 Å². The molecule has 8 nitrogen and oxygen atoms in total. The summed E-state index contributed by atoms with van der Waals surface area (Å²) in [6.07, 6.45) is 9.97. The first-order valence-corrected chi connectivity index (χ1v) is 16.5. The molecule has 6 heterocycles. The van der Waals surface area contributed by atoms with Crippen LogP contribution in [0.2, 0.25) is 0 Å². The summed E-state index contributed by atoms with van der Waals surface area (Å²) in [5.41, 5.74) is -0.651. The molecule has 5 atom stereocenters. The van der Waals surface area contributed by atoms with Crippen LogP contribution in [0, 0.1) is 24.0 Å². The van der Waals surface area contributed by atoms with Crippen LogP contribution in [0.3, 0.4) is 0 Å². The number of alkyl halides is 1. The topological polar surface area (TPSA) is 97.7 Å². The van der Waals surface area contributed by atoms with E-state index in [0.29, 0.717) is 42.6 Å². The van der Waals surface area contributed by atoms with Gasteiger partial charge in [-0.3, -0.25) is 9.88 Å². The van der Waals surface area contributed by atoms with Gasteiger partial charge in [-0.05, 0) is 54.1 Å². The van der Waals surface area contributed by atoms with E-state index in [1.165, 1.54) is 30.5 Å². The van der Waals surface area contributed by atoms with E-state index in [1.807, 2.05) is 4.90 Å². The van der Waals surface area contributed by atoms with Gasteiger partial charge in [0.25, 0.3) is 0 Å². The molecule has 0 aliphatic carbocycles. The van der Waals surface area contributed by atoms with Crippen molar-refractivity contribution in [3.63, 3.8) is 0 Å². The number of hydrogen-bond acceptors (Lipinski definition) is 8. The van der Waals surface area contributed by atoms with Crippen molar-refractivity contribution in [3.05, 3.63) is 47.7 Å². The Hall–Kier alpha value is -3.79. The number of rotatable bonds is 5. The molecular weight excluding hydrogens is 603 g/mol. The number of benzene rings is 2. The number of anilines is 1. The van der Waals surface area contributed by atoms with Gasteiger partial charge in [0.05, 0.1) is 29.6 Å². The fraction of sp³-hybridized carbons (Fsp3) is 0.424. The predicted molar refractivity (Wildman–Crippen MR) is 166 cm³/mol. The van der Waals surface area contributed by atoms with Crippen LogP contribution in [-0.2, 0) is 11.2 Å². The molecule has 4 aliphatic rings. The van der Waals surface area contributed by atoms with Gasteiger partial charge in [-0.2, -0.15) is 9.97 Å². The Morgan fingerprint density at radius 2 is 1.96 bits per heavy atom. The Balaban J connectivity index is 1.28. The molecule has 232 valence electrons. The second-order valence-electron chi connectivity index (χ2n) is 12.6. The van der Waals surface area contributed by atoms with Gasteiger partial charge in [-0.25, -0.2) is 13.2 Å². The lowest BCUT2D eigenvalue weighted by molar-refractivity contribution is 0.107. The predicted octanol–water partition coefficient (Wildman–Crippen LogP) is 4.87. The number of fused-ring (bicyclic) bond motifs is 5. The summed E-state index contributed by atoms with van der Waals surface area (Å²) in [6.45, 7) is 2.30. The molecule has 0 spiro atoms. The first-order valence-electron chi connectivity index (χ1n) is 15.2. The average Bonchev–Trinajstić information content (AvgIpc) is 3.60. The van der Waals surface area contributed by atoms with E-state index in [4.69, 9.17) is 16.1 Å². The molecule has 1 N–H and O–H groups in total. The summed E-state index contributed by atoms with van der Waals surface area (Å²) in [7, 11) is 0. The third-order valence-corrected chi connectivity index (χ3v) is 12.0. The quantitative estimate of drug-likeness (QED) is 0.246. The zero-order chi connectivity index (χ0) is 31.0. The highest BCUT2D eigenvalue weighted by atomic mass is 32.2. The second kappa shape index (κ2) is 10.6. The average molecular weight is 634 g/mol. The van der Waals surface area contributed by atoms with E-state index in [-0.39, 0.29) is 56.6 Å². The highest BCUT2D eigenvalue weighted by Gasteiger charge is 2.50. The lowest BCUT2D eigenvalue weighted by Gasteiger charge is -2.35. The summed E-state index contributed by atoms with van der Waals surface area (Å²) in [5.74, 6) is 1.15. The molecule has 4 aromatic rings. The highest BCUT2D eigenvalue weighted by molar-refractivity contribution is 7.93. The molecule has 0 amide bonds. The Morgan fingerprint density at radius 3 is 2.73 bits per heavy atom.